The molecule has 18 heavy (non-hydrogen) atoms. The van der Waals surface area contributed by atoms with Crippen LogP contribution in [0.3, 0.4) is 0 Å². The lowest BCUT2D eigenvalue weighted by atomic mass is 10.0. The monoisotopic (exact) mass is 269 g/mol. The van der Waals surface area contributed by atoms with Gasteiger partial charge in [-0.2, -0.15) is 16.7 Å². The first-order valence-corrected chi connectivity index (χ1v) is 8.22. The van der Waals surface area contributed by atoms with Gasteiger partial charge in [0.1, 0.15) is 0 Å². The number of hydrogen-bond acceptors (Lipinski definition) is 5. The zero-order chi connectivity index (χ0) is 13.0. The highest BCUT2D eigenvalue weighted by Crippen LogP contribution is 2.38. The molecule has 102 valence electrons. The van der Waals surface area contributed by atoms with Crippen molar-refractivity contribution in [3.05, 3.63) is 11.7 Å². The second-order valence-electron chi connectivity index (χ2n) is 5.16. The lowest BCUT2D eigenvalue weighted by Gasteiger charge is -2.05. The zero-order valence-corrected chi connectivity index (χ0v) is 12.1. The van der Waals surface area contributed by atoms with E-state index in [-0.39, 0.29) is 6.04 Å². The summed E-state index contributed by atoms with van der Waals surface area (Å²) in [5, 5.41) is 4.12. The minimum atomic E-state index is -0.109. The summed E-state index contributed by atoms with van der Waals surface area (Å²) in [6.45, 7) is 2.26. The maximum absolute atomic E-state index is 6.04. The van der Waals surface area contributed by atoms with Crippen LogP contribution in [0, 0.1) is 5.92 Å². The van der Waals surface area contributed by atoms with E-state index in [0.29, 0.717) is 11.8 Å². The fraction of sp³-hybridized carbons (Fsp3) is 0.846. The Bertz CT molecular complexity index is 369. The molecule has 1 aromatic heterocycles. The number of thioether (sulfide) groups is 1. The van der Waals surface area contributed by atoms with Gasteiger partial charge in [0.15, 0.2) is 5.82 Å². The third-order valence-electron chi connectivity index (χ3n) is 3.89. The maximum atomic E-state index is 6.04. The average Bonchev–Trinajstić information content (AvgIpc) is 3.03. The smallest absolute Gasteiger partial charge is 0.243 e. The van der Waals surface area contributed by atoms with Crippen LogP contribution in [-0.4, -0.2) is 22.1 Å². The van der Waals surface area contributed by atoms with E-state index in [1.165, 1.54) is 25.7 Å². The molecule has 2 rings (SSSR count). The molecule has 0 radical (unpaired) electrons. The molecule has 2 N–H and O–H groups in total. The van der Waals surface area contributed by atoms with Crippen molar-refractivity contribution in [2.24, 2.45) is 11.7 Å². The van der Waals surface area contributed by atoms with Crippen LogP contribution in [0.25, 0.3) is 0 Å². The van der Waals surface area contributed by atoms with Crippen LogP contribution in [0.5, 0.6) is 0 Å². The van der Waals surface area contributed by atoms with Crippen molar-refractivity contribution in [1.29, 1.82) is 0 Å². The Labute approximate surface area is 113 Å². The molecule has 0 saturated heterocycles. The SMILES string of the molecule is CCC1CCC(c2noc([C@@H](N)CCSC)n2)C1. The van der Waals surface area contributed by atoms with Crippen molar-refractivity contribution in [3.63, 3.8) is 0 Å². The van der Waals surface area contributed by atoms with Crippen LogP contribution in [0.1, 0.15) is 62.7 Å². The number of rotatable bonds is 6. The first kappa shape index (κ1) is 13.9. The molecular formula is C13H23N3OS. The van der Waals surface area contributed by atoms with Gasteiger partial charge in [0.25, 0.3) is 0 Å². The van der Waals surface area contributed by atoms with E-state index in [2.05, 4.69) is 23.3 Å². The van der Waals surface area contributed by atoms with E-state index in [9.17, 15) is 0 Å². The summed E-state index contributed by atoms with van der Waals surface area (Å²) < 4.78 is 5.31. The van der Waals surface area contributed by atoms with Gasteiger partial charge in [0, 0.05) is 5.92 Å². The molecule has 0 spiro atoms. The predicted octanol–water partition coefficient (Wildman–Crippen LogP) is 3.12. The van der Waals surface area contributed by atoms with Crippen LogP contribution >= 0.6 is 11.8 Å². The number of nitrogens with zero attached hydrogens (tertiary/aromatic N) is 2. The molecule has 1 aliphatic rings. The zero-order valence-electron chi connectivity index (χ0n) is 11.3. The Hall–Kier alpha value is -0.550. The Morgan fingerprint density at radius 2 is 2.33 bits per heavy atom. The van der Waals surface area contributed by atoms with Gasteiger partial charge >= 0.3 is 0 Å². The molecule has 0 aromatic carbocycles. The molecule has 3 atom stereocenters. The van der Waals surface area contributed by atoms with Crippen LogP contribution in [-0.2, 0) is 0 Å². The van der Waals surface area contributed by atoms with E-state index in [4.69, 9.17) is 10.3 Å². The first-order valence-electron chi connectivity index (χ1n) is 6.82. The Morgan fingerprint density at radius 3 is 3.00 bits per heavy atom. The highest BCUT2D eigenvalue weighted by atomic mass is 32.2. The Balaban J connectivity index is 1.93. The minimum Gasteiger partial charge on any atom is -0.338 e. The first-order chi connectivity index (χ1) is 8.74. The van der Waals surface area contributed by atoms with Gasteiger partial charge < -0.3 is 10.3 Å². The van der Waals surface area contributed by atoms with Crippen molar-refractivity contribution in [2.75, 3.05) is 12.0 Å². The standard InChI is InChI=1S/C13H23N3OS/c1-3-9-4-5-10(8-9)12-15-13(17-16-12)11(14)6-7-18-2/h9-11H,3-8,14H2,1-2H3/t9?,10?,11-/m0/s1. The van der Waals surface area contributed by atoms with E-state index >= 15 is 0 Å². The second-order valence-corrected chi connectivity index (χ2v) is 6.15. The predicted molar refractivity (Wildman–Crippen MR) is 74.6 cm³/mol. The third kappa shape index (κ3) is 3.26. The molecule has 1 fully saturated rings. The molecule has 0 aliphatic heterocycles. The molecule has 1 aromatic rings. The van der Waals surface area contributed by atoms with E-state index in [0.717, 1.165) is 23.9 Å². The van der Waals surface area contributed by atoms with Gasteiger partial charge in [-0.25, -0.2) is 0 Å². The van der Waals surface area contributed by atoms with Crippen molar-refractivity contribution >= 4 is 11.8 Å². The molecular weight excluding hydrogens is 246 g/mol. The minimum absolute atomic E-state index is 0.109. The Kier molecular flexibility index (Phi) is 5.06. The van der Waals surface area contributed by atoms with Gasteiger partial charge in [-0.05, 0) is 43.6 Å². The van der Waals surface area contributed by atoms with Crippen LogP contribution in [0.15, 0.2) is 4.52 Å². The van der Waals surface area contributed by atoms with Gasteiger partial charge in [-0.15, -0.1) is 0 Å². The normalized spacial score (nSPS) is 25.5. The summed E-state index contributed by atoms with van der Waals surface area (Å²) in [5.41, 5.74) is 6.04. The van der Waals surface area contributed by atoms with Crippen molar-refractivity contribution in [2.45, 2.75) is 51.0 Å². The molecule has 0 amide bonds. The molecule has 1 aliphatic carbocycles. The van der Waals surface area contributed by atoms with E-state index < -0.39 is 0 Å². The number of hydrogen-bond donors (Lipinski definition) is 1. The Morgan fingerprint density at radius 1 is 1.50 bits per heavy atom. The van der Waals surface area contributed by atoms with Gasteiger partial charge in [0.2, 0.25) is 5.89 Å². The van der Waals surface area contributed by atoms with Crippen LogP contribution in [0.4, 0.5) is 0 Å². The molecule has 1 saturated carbocycles. The number of nitrogens with two attached hydrogens (primary N) is 1. The summed E-state index contributed by atoms with van der Waals surface area (Å²) in [4.78, 5) is 4.50. The molecule has 1 heterocycles. The lowest BCUT2D eigenvalue weighted by molar-refractivity contribution is 0.346. The largest absolute Gasteiger partial charge is 0.338 e. The lowest BCUT2D eigenvalue weighted by Crippen LogP contribution is -2.11. The fourth-order valence-corrected chi connectivity index (χ4v) is 3.10. The number of aromatic nitrogens is 2. The quantitative estimate of drug-likeness (QED) is 0.859. The van der Waals surface area contributed by atoms with Gasteiger partial charge in [-0.1, -0.05) is 18.5 Å². The van der Waals surface area contributed by atoms with E-state index in [1.54, 1.807) is 11.8 Å². The van der Waals surface area contributed by atoms with E-state index in [1.807, 2.05) is 0 Å². The van der Waals surface area contributed by atoms with Gasteiger partial charge in [-0.3, -0.25) is 0 Å². The van der Waals surface area contributed by atoms with Crippen molar-refractivity contribution in [1.82, 2.24) is 10.1 Å². The van der Waals surface area contributed by atoms with Crippen molar-refractivity contribution < 1.29 is 4.52 Å². The fourth-order valence-electron chi connectivity index (χ4n) is 2.61. The highest BCUT2D eigenvalue weighted by Gasteiger charge is 2.28. The molecule has 2 unspecified atom stereocenters. The summed E-state index contributed by atoms with van der Waals surface area (Å²) in [7, 11) is 0. The second kappa shape index (κ2) is 6.57. The summed E-state index contributed by atoms with van der Waals surface area (Å²) in [5.74, 6) is 3.84. The molecule has 5 heteroatoms. The summed E-state index contributed by atoms with van der Waals surface area (Å²) >= 11 is 1.79. The maximum Gasteiger partial charge on any atom is 0.243 e. The van der Waals surface area contributed by atoms with Gasteiger partial charge in [0.05, 0.1) is 6.04 Å². The third-order valence-corrected chi connectivity index (χ3v) is 4.54. The van der Waals surface area contributed by atoms with Crippen molar-refractivity contribution in [3.8, 4) is 0 Å². The summed E-state index contributed by atoms with van der Waals surface area (Å²) in [6.07, 6.45) is 7.92. The molecule has 4 nitrogen and oxygen atoms in total. The topological polar surface area (TPSA) is 64.9 Å². The van der Waals surface area contributed by atoms with Crippen LogP contribution < -0.4 is 5.73 Å². The van der Waals surface area contributed by atoms with Crippen LogP contribution in [0.2, 0.25) is 0 Å². The summed E-state index contributed by atoms with van der Waals surface area (Å²) in [6, 6.07) is -0.109. The molecule has 0 bridgehead atoms. The average molecular weight is 269 g/mol. The highest BCUT2D eigenvalue weighted by molar-refractivity contribution is 7.98.